The van der Waals surface area contributed by atoms with Crippen LogP contribution in [-0.2, 0) is 0 Å². The molecule has 0 N–H and O–H groups in total. The number of rotatable bonds is 5. The first-order valence-electron chi connectivity index (χ1n) is 9.56. The van der Waals surface area contributed by atoms with Crippen LogP contribution < -0.4 is 10.0 Å². The number of nitrogens with zero attached hydrogens (tertiary/aromatic N) is 2. The smallest absolute Gasteiger partial charge is 0.0637 e. The van der Waals surface area contributed by atoms with Crippen LogP contribution in [0.5, 0.6) is 0 Å². The van der Waals surface area contributed by atoms with Gasteiger partial charge in [0, 0.05) is 0 Å². The quantitative estimate of drug-likeness (QED) is 0.346. The normalized spacial score (nSPS) is 10.5. The summed E-state index contributed by atoms with van der Waals surface area (Å²) in [6.45, 7) is 4.23. The Labute approximate surface area is 167 Å². The molecule has 2 nitrogen and oxygen atoms in total. The predicted molar refractivity (Wildman–Crippen MR) is 120 cm³/mol. The largest absolute Gasteiger partial charge is 0.249 e. The van der Waals surface area contributed by atoms with Gasteiger partial charge in [-0.3, -0.25) is 0 Å². The molecular weight excluding hydrogens is 340 g/mol. The molecule has 0 saturated heterocycles. The second-order valence-corrected chi connectivity index (χ2v) is 6.97. The molecule has 0 bridgehead atoms. The van der Waals surface area contributed by atoms with E-state index in [9.17, 15) is 0 Å². The third kappa shape index (κ3) is 3.77. The molecule has 0 aliphatic heterocycles. The Bertz CT molecular complexity index is 920. The second kappa shape index (κ2) is 8.01. The summed E-state index contributed by atoms with van der Waals surface area (Å²) in [6, 6.07) is 38.3. The van der Waals surface area contributed by atoms with E-state index in [0.29, 0.717) is 0 Å². The Morgan fingerprint density at radius 2 is 0.643 bits per heavy atom. The van der Waals surface area contributed by atoms with Crippen molar-refractivity contribution < 1.29 is 0 Å². The van der Waals surface area contributed by atoms with Crippen LogP contribution >= 0.6 is 0 Å². The fourth-order valence-corrected chi connectivity index (χ4v) is 3.27. The molecule has 4 rings (SSSR count). The van der Waals surface area contributed by atoms with Gasteiger partial charge in [0.2, 0.25) is 0 Å². The molecule has 4 aromatic carbocycles. The highest BCUT2D eigenvalue weighted by molar-refractivity contribution is 5.77. The fourth-order valence-electron chi connectivity index (χ4n) is 3.27. The molecular formula is C26H24N2. The van der Waals surface area contributed by atoms with E-state index in [-0.39, 0.29) is 0 Å². The highest BCUT2D eigenvalue weighted by Crippen LogP contribution is 2.36. The first-order chi connectivity index (χ1) is 13.7. The zero-order valence-electron chi connectivity index (χ0n) is 16.3. The van der Waals surface area contributed by atoms with E-state index in [4.69, 9.17) is 0 Å². The number of hydrogen-bond acceptors (Lipinski definition) is 2. The van der Waals surface area contributed by atoms with Gasteiger partial charge < -0.3 is 0 Å². The Balaban J connectivity index is 1.93. The minimum absolute atomic E-state index is 1.11. The lowest BCUT2D eigenvalue weighted by atomic mass is 10.2. The number of benzene rings is 4. The summed E-state index contributed by atoms with van der Waals surface area (Å²) in [5.74, 6) is 0. The Morgan fingerprint density at radius 1 is 0.357 bits per heavy atom. The van der Waals surface area contributed by atoms with Crippen molar-refractivity contribution in [3.63, 3.8) is 0 Å². The molecule has 0 spiro atoms. The van der Waals surface area contributed by atoms with Crippen LogP contribution in [0, 0.1) is 13.8 Å². The first kappa shape index (κ1) is 17.9. The lowest BCUT2D eigenvalue weighted by molar-refractivity contribution is 0.988. The zero-order valence-corrected chi connectivity index (χ0v) is 16.3. The summed E-state index contributed by atoms with van der Waals surface area (Å²) in [5.41, 5.74) is 6.94. The SMILES string of the molecule is Cc1ccc(N(c2ccccc2)N(c2ccccc2)c2ccc(C)cc2)cc1. The molecule has 0 saturated carbocycles. The molecule has 0 heterocycles. The maximum absolute atomic E-state index is 2.26. The van der Waals surface area contributed by atoms with Gasteiger partial charge in [-0.25, -0.2) is 10.0 Å². The highest BCUT2D eigenvalue weighted by Gasteiger charge is 2.21. The number of hydrogen-bond donors (Lipinski definition) is 0. The second-order valence-electron chi connectivity index (χ2n) is 6.97. The summed E-state index contributed by atoms with van der Waals surface area (Å²) >= 11 is 0. The van der Waals surface area contributed by atoms with E-state index < -0.39 is 0 Å². The van der Waals surface area contributed by atoms with Crippen molar-refractivity contribution in [3.05, 3.63) is 120 Å². The Hall–Kier alpha value is -3.52. The molecule has 2 heteroatoms. The van der Waals surface area contributed by atoms with Gasteiger partial charge in [-0.05, 0) is 62.4 Å². The first-order valence-corrected chi connectivity index (χ1v) is 9.56. The van der Waals surface area contributed by atoms with Crippen molar-refractivity contribution in [2.24, 2.45) is 0 Å². The van der Waals surface area contributed by atoms with Crippen molar-refractivity contribution in [3.8, 4) is 0 Å². The van der Waals surface area contributed by atoms with E-state index >= 15 is 0 Å². The summed E-state index contributed by atoms with van der Waals surface area (Å²) in [5, 5.41) is 4.53. The van der Waals surface area contributed by atoms with E-state index in [0.717, 1.165) is 22.7 Å². The standard InChI is InChI=1S/C26H24N2/c1-21-13-17-25(18-14-21)27(23-9-5-3-6-10-23)28(24-11-7-4-8-12-24)26-19-15-22(2)16-20-26/h3-20H,1-2H3. The van der Waals surface area contributed by atoms with E-state index in [1.165, 1.54) is 11.1 Å². The topological polar surface area (TPSA) is 6.48 Å². The predicted octanol–water partition coefficient (Wildman–Crippen LogP) is 7.19. The van der Waals surface area contributed by atoms with Gasteiger partial charge in [-0.2, -0.15) is 0 Å². The minimum Gasteiger partial charge on any atom is -0.249 e. The molecule has 0 unspecified atom stereocenters. The molecule has 0 amide bonds. The van der Waals surface area contributed by atoms with E-state index in [1.807, 2.05) is 0 Å². The number of aryl methyl sites for hydroxylation is 2. The van der Waals surface area contributed by atoms with Crippen LogP contribution in [0.2, 0.25) is 0 Å². The van der Waals surface area contributed by atoms with E-state index in [1.54, 1.807) is 0 Å². The van der Waals surface area contributed by atoms with Gasteiger partial charge in [-0.15, -0.1) is 0 Å². The molecule has 0 radical (unpaired) electrons. The lowest BCUT2D eigenvalue weighted by Crippen LogP contribution is -2.35. The van der Waals surface area contributed by atoms with Gasteiger partial charge in [0.1, 0.15) is 0 Å². The highest BCUT2D eigenvalue weighted by atomic mass is 15.6. The van der Waals surface area contributed by atoms with Crippen LogP contribution in [0.15, 0.2) is 109 Å². The zero-order chi connectivity index (χ0) is 19.3. The lowest BCUT2D eigenvalue weighted by Gasteiger charge is -2.38. The molecule has 138 valence electrons. The summed E-state index contributed by atoms with van der Waals surface area (Å²) in [7, 11) is 0. The number of hydrazine groups is 1. The summed E-state index contributed by atoms with van der Waals surface area (Å²) < 4.78 is 0. The molecule has 4 aromatic rings. The average Bonchev–Trinajstić information content (AvgIpc) is 2.75. The Morgan fingerprint density at radius 3 is 0.964 bits per heavy atom. The van der Waals surface area contributed by atoms with E-state index in [2.05, 4.69) is 133 Å². The van der Waals surface area contributed by atoms with Crippen LogP contribution in [-0.4, -0.2) is 0 Å². The molecule has 0 aromatic heterocycles. The fraction of sp³-hybridized carbons (Fsp3) is 0.0769. The molecule has 0 aliphatic carbocycles. The van der Waals surface area contributed by atoms with Crippen molar-refractivity contribution in [1.29, 1.82) is 0 Å². The Kier molecular flexibility index (Phi) is 5.11. The third-order valence-electron chi connectivity index (χ3n) is 4.76. The average molecular weight is 364 g/mol. The molecule has 0 aliphatic rings. The van der Waals surface area contributed by atoms with Crippen molar-refractivity contribution in [2.45, 2.75) is 13.8 Å². The number of anilines is 4. The summed E-state index contributed by atoms with van der Waals surface area (Å²) in [4.78, 5) is 0. The summed E-state index contributed by atoms with van der Waals surface area (Å²) in [6.07, 6.45) is 0. The van der Waals surface area contributed by atoms with Gasteiger partial charge in [0.15, 0.2) is 0 Å². The van der Waals surface area contributed by atoms with Crippen LogP contribution in [0.4, 0.5) is 22.7 Å². The minimum atomic E-state index is 1.11. The third-order valence-corrected chi connectivity index (χ3v) is 4.76. The van der Waals surface area contributed by atoms with Gasteiger partial charge in [0.05, 0.1) is 22.7 Å². The molecule has 0 fully saturated rings. The van der Waals surface area contributed by atoms with Gasteiger partial charge in [0.25, 0.3) is 0 Å². The molecule has 0 atom stereocenters. The van der Waals surface area contributed by atoms with Gasteiger partial charge in [-0.1, -0.05) is 71.8 Å². The van der Waals surface area contributed by atoms with Crippen molar-refractivity contribution in [1.82, 2.24) is 0 Å². The maximum atomic E-state index is 2.26. The van der Waals surface area contributed by atoms with Crippen molar-refractivity contribution >= 4 is 22.7 Å². The van der Waals surface area contributed by atoms with Crippen LogP contribution in [0.3, 0.4) is 0 Å². The monoisotopic (exact) mass is 364 g/mol. The maximum Gasteiger partial charge on any atom is 0.0637 e. The van der Waals surface area contributed by atoms with Crippen LogP contribution in [0.25, 0.3) is 0 Å². The van der Waals surface area contributed by atoms with Crippen LogP contribution in [0.1, 0.15) is 11.1 Å². The van der Waals surface area contributed by atoms with Crippen molar-refractivity contribution in [2.75, 3.05) is 10.0 Å². The number of para-hydroxylation sites is 2. The molecule has 28 heavy (non-hydrogen) atoms. The van der Waals surface area contributed by atoms with Gasteiger partial charge >= 0.3 is 0 Å².